The molecule has 0 aliphatic heterocycles. The first-order valence-corrected chi connectivity index (χ1v) is 7.57. The van der Waals surface area contributed by atoms with Crippen LogP contribution in [-0.2, 0) is 12.8 Å². The molecule has 0 saturated heterocycles. The third-order valence-electron chi connectivity index (χ3n) is 4.20. The molecule has 1 atom stereocenters. The van der Waals surface area contributed by atoms with E-state index in [0.717, 1.165) is 12.8 Å². The summed E-state index contributed by atoms with van der Waals surface area (Å²) < 4.78 is 0. The molecule has 1 heterocycles. The molecular weight excluding hydrogens is 258 g/mol. The smallest absolute Gasteiger partial charge is 0.0503 e. The number of para-hydroxylation sites is 1. The van der Waals surface area contributed by atoms with Crippen LogP contribution < -0.4 is 0 Å². The van der Waals surface area contributed by atoms with Crippen LogP contribution in [0.5, 0.6) is 0 Å². The molecule has 2 nitrogen and oxygen atoms in total. The zero-order valence-corrected chi connectivity index (χ0v) is 12.3. The van der Waals surface area contributed by atoms with Crippen molar-refractivity contribution in [2.45, 2.75) is 25.7 Å². The van der Waals surface area contributed by atoms with Crippen LogP contribution in [0, 0.1) is 0 Å². The van der Waals surface area contributed by atoms with E-state index in [2.05, 4.69) is 48.4 Å². The molecule has 0 fully saturated rings. The van der Waals surface area contributed by atoms with Gasteiger partial charge in [-0.3, -0.25) is 0 Å². The van der Waals surface area contributed by atoms with Gasteiger partial charge in [0, 0.05) is 23.0 Å². The number of fused-ring (bicyclic) bond motifs is 1. The second-order valence-corrected chi connectivity index (χ2v) is 5.51. The fourth-order valence-electron chi connectivity index (χ4n) is 3.04. The topological polar surface area (TPSA) is 36.0 Å². The van der Waals surface area contributed by atoms with Crippen LogP contribution in [-0.4, -0.2) is 16.7 Å². The second kappa shape index (κ2) is 6.15. The quantitative estimate of drug-likeness (QED) is 0.726. The monoisotopic (exact) mass is 279 g/mol. The summed E-state index contributed by atoms with van der Waals surface area (Å²) in [6, 6.07) is 16.8. The average Bonchev–Trinajstić information content (AvgIpc) is 2.97. The maximum Gasteiger partial charge on any atom is 0.0503 e. The summed E-state index contributed by atoms with van der Waals surface area (Å²) in [4.78, 5) is 3.40. The molecule has 0 saturated carbocycles. The number of aliphatic hydroxyl groups is 1. The van der Waals surface area contributed by atoms with Gasteiger partial charge in [0.15, 0.2) is 0 Å². The fourth-order valence-corrected chi connectivity index (χ4v) is 3.04. The Kier molecular flexibility index (Phi) is 4.07. The van der Waals surface area contributed by atoms with E-state index in [9.17, 15) is 5.11 Å². The number of aryl methyl sites for hydroxylation is 1. The van der Waals surface area contributed by atoms with Crippen molar-refractivity contribution < 1.29 is 5.11 Å². The molecule has 0 bridgehead atoms. The number of benzene rings is 2. The van der Waals surface area contributed by atoms with Gasteiger partial charge in [-0.2, -0.15) is 0 Å². The molecule has 0 aliphatic rings. The summed E-state index contributed by atoms with van der Waals surface area (Å²) in [5.41, 5.74) is 5.01. The van der Waals surface area contributed by atoms with Crippen molar-refractivity contribution in [2.24, 2.45) is 0 Å². The Morgan fingerprint density at radius 2 is 1.86 bits per heavy atom. The van der Waals surface area contributed by atoms with Crippen molar-refractivity contribution >= 4 is 10.9 Å². The van der Waals surface area contributed by atoms with Crippen molar-refractivity contribution in [3.8, 4) is 0 Å². The summed E-state index contributed by atoms with van der Waals surface area (Å²) in [5, 5.41) is 11.1. The number of hydrogen-bond acceptors (Lipinski definition) is 1. The van der Waals surface area contributed by atoms with Crippen molar-refractivity contribution in [1.29, 1.82) is 0 Å². The second-order valence-electron chi connectivity index (χ2n) is 5.51. The zero-order chi connectivity index (χ0) is 14.7. The lowest BCUT2D eigenvalue weighted by atomic mass is 9.92. The molecule has 0 unspecified atom stereocenters. The molecule has 0 spiro atoms. The highest BCUT2D eigenvalue weighted by molar-refractivity contribution is 5.86. The molecule has 3 aromatic rings. The van der Waals surface area contributed by atoms with Crippen molar-refractivity contribution in [3.63, 3.8) is 0 Å². The van der Waals surface area contributed by atoms with E-state index in [1.807, 2.05) is 18.2 Å². The highest BCUT2D eigenvalue weighted by atomic mass is 16.3. The number of aliphatic hydroxyl groups excluding tert-OH is 1. The lowest BCUT2D eigenvalue weighted by Gasteiger charge is -2.14. The molecule has 0 aliphatic carbocycles. The Labute approximate surface area is 125 Å². The highest BCUT2D eigenvalue weighted by Crippen LogP contribution is 2.30. The van der Waals surface area contributed by atoms with Crippen molar-refractivity contribution in [2.75, 3.05) is 6.61 Å². The van der Waals surface area contributed by atoms with E-state index < -0.39 is 0 Å². The van der Waals surface area contributed by atoms with Gasteiger partial charge in [-0.05, 0) is 29.5 Å². The third kappa shape index (κ3) is 2.72. The summed E-state index contributed by atoms with van der Waals surface area (Å²) in [6.45, 7) is 2.33. The van der Waals surface area contributed by atoms with Crippen LogP contribution in [0.1, 0.15) is 29.5 Å². The Bertz CT molecular complexity index is 715. The lowest BCUT2D eigenvalue weighted by molar-refractivity contribution is 0.265. The van der Waals surface area contributed by atoms with Crippen molar-refractivity contribution in [1.82, 2.24) is 4.98 Å². The molecule has 3 rings (SSSR count). The van der Waals surface area contributed by atoms with Gasteiger partial charge in [-0.15, -0.1) is 0 Å². The fraction of sp³-hybridized carbons (Fsp3) is 0.263. The first-order valence-electron chi connectivity index (χ1n) is 7.57. The van der Waals surface area contributed by atoms with Crippen LogP contribution in [0.25, 0.3) is 10.9 Å². The predicted molar refractivity (Wildman–Crippen MR) is 87.6 cm³/mol. The van der Waals surface area contributed by atoms with Gasteiger partial charge in [-0.25, -0.2) is 0 Å². The molecule has 0 radical (unpaired) electrons. The van der Waals surface area contributed by atoms with E-state index in [0.29, 0.717) is 0 Å². The van der Waals surface area contributed by atoms with E-state index in [-0.39, 0.29) is 12.5 Å². The molecule has 2 aromatic carbocycles. The van der Waals surface area contributed by atoms with Crippen LogP contribution in [0.15, 0.2) is 54.7 Å². The average molecular weight is 279 g/mol. The van der Waals surface area contributed by atoms with Gasteiger partial charge in [0.1, 0.15) is 0 Å². The van der Waals surface area contributed by atoms with Gasteiger partial charge < -0.3 is 10.1 Å². The van der Waals surface area contributed by atoms with Crippen LogP contribution >= 0.6 is 0 Å². The van der Waals surface area contributed by atoms with E-state index in [1.54, 1.807) is 0 Å². The molecule has 1 aromatic heterocycles. The van der Waals surface area contributed by atoms with Gasteiger partial charge in [0.25, 0.3) is 0 Å². The summed E-state index contributed by atoms with van der Waals surface area (Å²) >= 11 is 0. The number of hydrogen-bond donors (Lipinski definition) is 2. The van der Waals surface area contributed by atoms with Crippen LogP contribution in [0.2, 0.25) is 0 Å². The van der Waals surface area contributed by atoms with E-state index in [4.69, 9.17) is 0 Å². The normalized spacial score (nSPS) is 12.7. The predicted octanol–water partition coefficient (Wildman–Crippen LogP) is 4.05. The van der Waals surface area contributed by atoms with Gasteiger partial charge in [-0.1, -0.05) is 55.5 Å². The molecule has 2 N–H and O–H groups in total. The van der Waals surface area contributed by atoms with Gasteiger partial charge in [0.2, 0.25) is 0 Å². The maximum absolute atomic E-state index is 9.83. The minimum atomic E-state index is 0.133. The largest absolute Gasteiger partial charge is 0.396 e. The Morgan fingerprint density at radius 3 is 2.57 bits per heavy atom. The van der Waals surface area contributed by atoms with E-state index in [1.165, 1.54) is 27.6 Å². The zero-order valence-electron chi connectivity index (χ0n) is 12.3. The number of aromatic nitrogens is 1. The third-order valence-corrected chi connectivity index (χ3v) is 4.20. The number of aromatic amines is 1. The molecule has 2 heteroatoms. The van der Waals surface area contributed by atoms with Crippen LogP contribution in [0.3, 0.4) is 0 Å². The lowest BCUT2D eigenvalue weighted by Crippen LogP contribution is -2.07. The van der Waals surface area contributed by atoms with Crippen molar-refractivity contribution in [3.05, 3.63) is 71.4 Å². The number of rotatable bonds is 5. The minimum Gasteiger partial charge on any atom is -0.396 e. The van der Waals surface area contributed by atoms with Gasteiger partial charge >= 0.3 is 0 Å². The van der Waals surface area contributed by atoms with E-state index >= 15 is 0 Å². The highest BCUT2D eigenvalue weighted by Gasteiger charge is 2.16. The summed E-state index contributed by atoms with van der Waals surface area (Å²) in [6.07, 6.45) is 3.94. The SMILES string of the molecule is CCc1cccc2c([C@@H](CO)Cc3ccccc3)c[nH]c12. The molecule has 0 amide bonds. The van der Waals surface area contributed by atoms with Crippen LogP contribution in [0.4, 0.5) is 0 Å². The number of nitrogens with one attached hydrogen (secondary N) is 1. The molecular formula is C19H21NO. The first-order chi connectivity index (χ1) is 10.3. The Morgan fingerprint density at radius 1 is 1.05 bits per heavy atom. The molecule has 108 valence electrons. The minimum absolute atomic E-state index is 0.133. The standard InChI is InChI=1S/C19H21NO/c1-2-15-9-6-10-17-18(12-20-19(15)17)16(13-21)11-14-7-4-3-5-8-14/h3-10,12,16,20-21H,2,11,13H2,1H3/t16-/m1/s1. The first kappa shape index (κ1) is 13.9. The van der Waals surface area contributed by atoms with Gasteiger partial charge in [0.05, 0.1) is 6.61 Å². The Hall–Kier alpha value is -2.06. The number of H-pyrrole nitrogens is 1. The maximum atomic E-state index is 9.83. The summed E-state index contributed by atoms with van der Waals surface area (Å²) in [7, 11) is 0. The molecule has 21 heavy (non-hydrogen) atoms. The summed E-state index contributed by atoms with van der Waals surface area (Å²) in [5.74, 6) is 0.133. The Balaban J connectivity index is 1.98.